The van der Waals surface area contributed by atoms with E-state index < -0.39 is 0 Å². The van der Waals surface area contributed by atoms with Crippen molar-refractivity contribution in [3.63, 3.8) is 0 Å². The van der Waals surface area contributed by atoms with Crippen molar-refractivity contribution >= 4 is 22.4 Å². The highest BCUT2D eigenvalue weighted by atomic mass is 32.1. The van der Waals surface area contributed by atoms with Crippen molar-refractivity contribution in [2.24, 2.45) is 0 Å². The first-order valence-corrected chi connectivity index (χ1v) is 11.9. The normalized spacial score (nSPS) is 10.8. The van der Waals surface area contributed by atoms with Gasteiger partial charge in [-0.15, -0.1) is 11.3 Å². The molecule has 0 spiro atoms. The van der Waals surface area contributed by atoms with E-state index in [9.17, 15) is 4.79 Å². The van der Waals surface area contributed by atoms with Crippen molar-refractivity contribution in [3.8, 4) is 22.4 Å². The van der Waals surface area contributed by atoms with Gasteiger partial charge in [0.2, 0.25) is 5.91 Å². The number of carbonyl (C=O) groups excluding carboxylic acids is 1. The van der Waals surface area contributed by atoms with Gasteiger partial charge in [-0.1, -0.05) is 91.7 Å². The van der Waals surface area contributed by atoms with Crippen LogP contribution in [0, 0.1) is 13.8 Å². The molecule has 0 atom stereocenters. The lowest BCUT2D eigenvalue weighted by atomic mass is 10.0. The Morgan fingerprint density at radius 2 is 1.59 bits per heavy atom. The SMILES string of the molecule is CCCc1sc(NC(=O)Cc2ccc(C)cc2C)nc1-c1ccc(-c2ccccc2)cc1. The summed E-state index contributed by atoms with van der Waals surface area (Å²) in [6.45, 7) is 6.28. The highest BCUT2D eigenvalue weighted by Crippen LogP contribution is 2.33. The Morgan fingerprint density at radius 3 is 2.28 bits per heavy atom. The zero-order chi connectivity index (χ0) is 22.5. The Balaban J connectivity index is 1.53. The van der Waals surface area contributed by atoms with Gasteiger partial charge in [0.1, 0.15) is 0 Å². The van der Waals surface area contributed by atoms with Gasteiger partial charge in [-0.25, -0.2) is 4.98 Å². The smallest absolute Gasteiger partial charge is 0.230 e. The monoisotopic (exact) mass is 440 g/mol. The molecule has 4 heteroatoms. The summed E-state index contributed by atoms with van der Waals surface area (Å²) in [5, 5.41) is 3.70. The van der Waals surface area contributed by atoms with E-state index in [0.29, 0.717) is 11.6 Å². The van der Waals surface area contributed by atoms with E-state index in [0.717, 1.165) is 35.2 Å². The molecule has 1 N–H and O–H groups in total. The fraction of sp³-hybridized carbons (Fsp3) is 0.214. The number of anilines is 1. The van der Waals surface area contributed by atoms with Gasteiger partial charge in [0, 0.05) is 10.4 Å². The van der Waals surface area contributed by atoms with Crippen LogP contribution in [0.1, 0.15) is 34.9 Å². The van der Waals surface area contributed by atoms with Crippen LogP contribution in [0.15, 0.2) is 72.8 Å². The van der Waals surface area contributed by atoms with Crippen molar-refractivity contribution in [3.05, 3.63) is 94.4 Å². The molecule has 0 aliphatic carbocycles. The van der Waals surface area contributed by atoms with Crippen molar-refractivity contribution in [2.45, 2.75) is 40.0 Å². The Morgan fingerprint density at radius 1 is 0.906 bits per heavy atom. The second-order valence-electron chi connectivity index (χ2n) is 8.14. The van der Waals surface area contributed by atoms with Crippen LogP contribution in [0.25, 0.3) is 22.4 Å². The van der Waals surface area contributed by atoms with Crippen LogP contribution >= 0.6 is 11.3 Å². The number of rotatable bonds is 7. The van der Waals surface area contributed by atoms with Gasteiger partial charge in [0.05, 0.1) is 12.1 Å². The van der Waals surface area contributed by atoms with Crippen molar-refractivity contribution in [1.29, 1.82) is 0 Å². The summed E-state index contributed by atoms with van der Waals surface area (Å²) in [6, 6.07) is 25.1. The average Bonchev–Trinajstić information content (AvgIpc) is 3.19. The van der Waals surface area contributed by atoms with Crippen LogP contribution in [-0.4, -0.2) is 10.9 Å². The fourth-order valence-electron chi connectivity index (χ4n) is 3.86. The molecular weight excluding hydrogens is 412 g/mol. The molecule has 0 bridgehead atoms. The molecule has 1 amide bonds. The molecule has 0 unspecified atom stereocenters. The number of benzene rings is 3. The Hall–Kier alpha value is -3.24. The predicted molar refractivity (Wildman–Crippen MR) is 135 cm³/mol. The number of nitrogens with one attached hydrogen (secondary N) is 1. The topological polar surface area (TPSA) is 42.0 Å². The number of carbonyl (C=O) groups is 1. The summed E-state index contributed by atoms with van der Waals surface area (Å²) in [5.74, 6) is -0.0280. The first kappa shape index (κ1) is 22.0. The lowest BCUT2D eigenvalue weighted by Gasteiger charge is -2.06. The molecule has 0 saturated heterocycles. The molecule has 0 fully saturated rings. The third kappa shape index (κ3) is 5.14. The molecule has 162 valence electrons. The van der Waals surface area contributed by atoms with E-state index in [1.165, 1.54) is 21.6 Å². The van der Waals surface area contributed by atoms with Gasteiger partial charge < -0.3 is 5.32 Å². The summed E-state index contributed by atoms with van der Waals surface area (Å²) in [7, 11) is 0. The minimum Gasteiger partial charge on any atom is -0.302 e. The lowest BCUT2D eigenvalue weighted by Crippen LogP contribution is -2.14. The highest BCUT2D eigenvalue weighted by Gasteiger charge is 2.15. The predicted octanol–water partition coefficient (Wildman–Crippen LogP) is 7.23. The van der Waals surface area contributed by atoms with Gasteiger partial charge >= 0.3 is 0 Å². The van der Waals surface area contributed by atoms with E-state index in [1.54, 1.807) is 11.3 Å². The molecule has 0 radical (unpaired) electrons. The lowest BCUT2D eigenvalue weighted by molar-refractivity contribution is -0.115. The van der Waals surface area contributed by atoms with E-state index in [-0.39, 0.29) is 5.91 Å². The molecule has 1 aromatic heterocycles. The van der Waals surface area contributed by atoms with E-state index in [2.05, 4.69) is 86.8 Å². The molecular formula is C28H28N2OS. The van der Waals surface area contributed by atoms with Crippen LogP contribution in [0.5, 0.6) is 0 Å². The maximum absolute atomic E-state index is 12.7. The zero-order valence-corrected chi connectivity index (χ0v) is 19.6. The molecule has 1 heterocycles. The molecule has 0 saturated carbocycles. The van der Waals surface area contributed by atoms with Crippen LogP contribution in [0.3, 0.4) is 0 Å². The second kappa shape index (κ2) is 9.92. The summed E-state index contributed by atoms with van der Waals surface area (Å²) >= 11 is 1.58. The number of nitrogens with zero attached hydrogens (tertiary/aromatic N) is 1. The van der Waals surface area contributed by atoms with E-state index >= 15 is 0 Å². The number of hydrogen-bond donors (Lipinski definition) is 1. The highest BCUT2D eigenvalue weighted by molar-refractivity contribution is 7.16. The van der Waals surface area contributed by atoms with Gasteiger partial charge in [-0.05, 0) is 42.5 Å². The van der Waals surface area contributed by atoms with Gasteiger partial charge in [0.25, 0.3) is 0 Å². The molecule has 32 heavy (non-hydrogen) atoms. The zero-order valence-electron chi connectivity index (χ0n) is 18.8. The van der Waals surface area contributed by atoms with Crippen LogP contribution in [0.4, 0.5) is 5.13 Å². The summed E-state index contributed by atoms with van der Waals surface area (Å²) in [6.07, 6.45) is 2.34. The number of aromatic nitrogens is 1. The first-order valence-electron chi connectivity index (χ1n) is 11.0. The van der Waals surface area contributed by atoms with Crippen molar-refractivity contribution in [2.75, 3.05) is 5.32 Å². The second-order valence-corrected chi connectivity index (χ2v) is 9.22. The first-order chi connectivity index (χ1) is 15.5. The Bertz CT molecular complexity index is 1210. The third-order valence-corrected chi connectivity index (χ3v) is 6.57. The van der Waals surface area contributed by atoms with Crippen molar-refractivity contribution < 1.29 is 4.79 Å². The number of hydrogen-bond acceptors (Lipinski definition) is 3. The van der Waals surface area contributed by atoms with Crippen LogP contribution in [-0.2, 0) is 17.6 Å². The molecule has 3 aromatic carbocycles. The molecule has 4 rings (SSSR count). The summed E-state index contributed by atoms with van der Waals surface area (Å²) in [4.78, 5) is 18.7. The number of thiazole rings is 1. The Kier molecular flexibility index (Phi) is 6.81. The van der Waals surface area contributed by atoms with Crippen molar-refractivity contribution in [1.82, 2.24) is 4.98 Å². The van der Waals surface area contributed by atoms with E-state index in [4.69, 9.17) is 4.98 Å². The largest absolute Gasteiger partial charge is 0.302 e. The number of aryl methyl sites for hydroxylation is 3. The summed E-state index contributed by atoms with van der Waals surface area (Å²) in [5.41, 5.74) is 7.84. The quantitative estimate of drug-likeness (QED) is 0.329. The van der Waals surface area contributed by atoms with Crippen LogP contribution in [0.2, 0.25) is 0 Å². The molecule has 0 aliphatic heterocycles. The maximum atomic E-state index is 12.7. The van der Waals surface area contributed by atoms with Gasteiger partial charge in [-0.3, -0.25) is 4.79 Å². The third-order valence-electron chi connectivity index (χ3n) is 5.54. The minimum atomic E-state index is -0.0280. The fourth-order valence-corrected chi connectivity index (χ4v) is 4.96. The van der Waals surface area contributed by atoms with Crippen LogP contribution < -0.4 is 5.32 Å². The Labute approximate surface area is 194 Å². The molecule has 4 aromatic rings. The van der Waals surface area contributed by atoms with Gasteiger partial charge in [0.15, 0.2) is 5.13 Å². The maximum Gasteiger partial charge on any atom is 0.230 e. The minimum absolute atomic E-state index is 0.0280. The van der Waals surface area contributed by atoms with Gasteiger partial charge in [-0.2, -0.15) is 0 Å². The summed E-state index contributed by atoms with van der Waals surface area (Å²) < 4.78 is 0. The molecule has 3 nitrogen and oxygen atoms in total. The molecule has 0 aliphatic rings. The number of amides is 1. The van der Waals surface area contributed by atoms with E-state index in [1.807, 2.05) is 12.1 Å². The average molecular weight is 441 g/mol. The standard InChI is InChI=1S/C28H28N2OS/c1-4-8-25-27(23-15-13-22(14-16-23)21-9-6-5-7-10-21)30-28(32-25)29-26(31)18-24-12-11-19(2)17-20(24)3/h5-7,9-17H,4,8,18H2,1-3H3,(H,29,30,31).